The molecule has 1 atom stereocenters. The number of piperidine rings is 2. The molecular weight excluding hydrogens is 508 g/mol. The van der Waals surface area contributed by atoms with E-state index in [0.29, 0.717) is 15.8 Å². The first-order chi connectivity index (χ1) is 19.0. The molecule has 39 heavy (non-hydrogen) atoms. The third kappa shape index (κ3) is 4.26. The second-order valence-electron chi connectivity index (χ2n) is 11.5. The molecule has 2 aromatic heterocycles. The zero-order valence-electron chi connectivity index (χ0n) is 22.0. The summed E-state index contributed by atoms with van der Waals surface area (Å²) in [5.41, 5.74) is 4.73. The Labute approximate surface area is 233 Å². The van der Waals surface area contributed by atoms with Crippen molar-refractivity contribution < 1.29 is 9.90 Å². The van der Waals surface area contributed by atoms with E-state index >= 15 is 0 Å². The number of carbonyl (C=O) groups is 1. The van der Waals surface area contributed by atoms with Crippen LogP contribution in [0.1, 0.15) is 59.6 Å². The molecule has 2 fully saturated rings. The van der Waals surface area contributed by atoms with Crippen LogP contribution in [0.25, 0.3) is 10.8 Å². The third-order valence-corrected chi connectivity index (χ3v) is 9.85. The van der Waals surface area contributed by atoms with Gasteiger partial charge in [0, 0.05) is 61.4 Å². The van der Waals surface area contributed by atoms with Gasteiger partial charge in [0.05, 0.1) is 16.5 Å². The molecule has 6 nitrogen and oxygen atoms in total. The highest BCUT2D eigenvalue weighted by molar-refractivity contribution is 6.36. The van der Waals surface area contributed by atoms with E-state index in [-0.39, 0.29) is 17.8 Å². The summed E-state index contributed by atoms with van der Waals surface area (Å²) in [5, 5.41) is 13.2. The summed E-state index contributed by atoms with van der Waals surface area (Å²) in [6.07, 6.45) is 12.0. The molecule has 4 heterocycles. The van der Waals surface area contributed by atoms with Crippen LogP contribution in [-0.4, -0.2) is 51.6 Å². The Bertz CT molecular complexity index is 1530. The number of aryl methyl sites for hydroxylation is 1. The summed E-state index contributed by atoms with van der Waals surface area (Å²) in [5.74, 6) is 0.318. The van der Waals surface area contributed by atoms with Crippen LogP contribution in [0, 0.1) is 5.41 Å². The first-order valence-corrected chi connectivity index (χ1v) is 14.4. The van der Waals surface area contributed by atoms with E-state index in [2.05, 4.69) is 34.1 Å². The number of pyridine rings is 1. The van der Waals surface area contributed by atoms with Crippen molar-refractivity contribution in [2.45, 2.75) is 44.6 Å². The fourth-order valence-corrected chi connectivity index (χ4v) is 7.39. The lowest BCUT2D eigenvalue weighted by Crippen LogP contribution is -2.48. The number of anilines is 1. The minimum absolute atomic E-state index is 0.00794. The molecule has 7 rings (SSSR count). The van der Waals surface area contributed by atoms with E-state index in [4.69, 9.17) is 11.6 Å². The molecule has 3 aliphatic rings. The number of nitrogens with zero attached hydrogens (tertiary/aromatic N) is 4. The number of likely N-dealkylation sites (tertiary alicyclic amines) is 1. The summed E-state index contributed by atoms with van der Waals surface area (Å²) < 4.78 is 1.93. The molecule has 1 N–H and O–H groups in total. The molecule has 1 amide bonds. The monoisotopic (exact) mass is 540 g/mol. The molecule has 200 valence electrons. The van der Waals surface area contributed by atoms with Crippen molar-refractivity contribution >= 4 is 34.0 Å². The van der Waals surface area contributed by atoms with Gasteiger partial charge in [0.15, 0.2) is 0 Å². The number of carbonyl (C=O) groups excluding carboxylic acids is 1. The van der Waals surface area contributed by atoms with Crippen LogP contribution in [-0.2, 0) is 6.42 Å². The van der Waals surface area contributed by atoms with E-state index < -0.39 is 0 Å². The first kappa shape index (κ1) is 24.5. The van der Waals surface area contributed by atoms with Crippen LogP contribution in [0.15, 0.2) is 67.1 Å². The smallest absolute Gasteiger partial charge is 0.253 e. The van der Waals surface area contributed by atoms with Crippen LogP contribution in [0.2, 0.25) is 5.02 Å². The summed E-state index contributed by atoms with van der Waals surface area (Å²) in [6.45, 7) is 3.76. The number of hydrogen-bond donors (Lipinski definition) is 1. The Morgan fingerprint density at radius 2 is 1.72 bits per heavy atom. The highest BCUT2D eigenvalue weighted by atomic mass is 35.5. The van der Waals surface area contributed by atoms with E-state index in [9.17, 15) is 9.90 Å². The second kappa shape index (κ2) is 9.60. The van der Waals surface area contributed by atoms with Crippen LogP contribution in [0.5, 0.6) is 5.88 Å². The van der Waals surface area contributed by atoms with Gasteiger partial charge in [-0.25, -0.2) is 0 Å². The van der Waals surface area contributed by atoms with Gasteiger partial charge >= 0.3 is 0 Å². The molecular formula is C32H33ClN4O2. The van der Waals surface area contributed by atoms with Crippen LogP contribution in [0.4, 0.5) is 5.69 Å². The lowest BCUT2D eigenvalue weighted by molar-refractivity contribution is 0.0515. The predicted molar refractivity (Wildman–Crippen MR) is 155 cm³/mol. The zero-order chi connectivity index (χ0) is 26.6. The maximum atomic E-state index is 13.6. The van der Waals surface area contributed by atoms with Crippen molar-refractivity contribution in [3.8, 4) is 5.88 Å². The molecule has 0 bridgehead atoms. The lowest BCUT2D eigenvalue weighted by atomic mass is 9.71. The number of fused-ring (bicyclic) bond motifs is 2. The fraction of sp³-hybridized carbons (Fsp3) is 0.375. The van der Waals surface area contributed by atoms with Gasteiger partial charge in [-0.1, -0.05) is 29.8 Å². The normalized spacial score (nSPS) is 20.5. The minimum Gasteiger partial charge on any atom is -0.494 e. The van der Waals surface area contributed by atoms with Crippen molar-refractivity contribution in [1.82, 2.24) is 14.5 Å². The highest BCUT2D eigenvalue weighted by Gasteiger charge is 2.39. The summed E-state index contributed by atoms with van der Waals surface area (Å²) >= 11 is 6.40. The van der Waals surface area contributed by atoms with Gasteiger partial charge in [-0.3, -0.25) is 9.78 Å². The number of amides is 1. The molecule has 1 spiro atoms. The van der Waals surface area contributed by atoms with Crippen molar-refractivity contribution in [3.63, 3.8) is 0 Å². The number of benzene rings is 2. The first-order valence-electron chi connectivity index (χ1n) is 14.1. The topological polar surface area (TPSA) is 61.6 Å². The van der Waals surface area contributed by atoms with Gasteiger partial charge in [0.25, 0.3) is 5.91 Å². The maximum absolute atomic E-state index is 13.6. The van der Waals surface area contributed by atoms with Gasteiger partial charge in [0.2, 0.25) is 5.88 Å². The number of aromatic hydroxyl groups is 1. The maximum Gasteiger partial charge on any atom is 0.253 e. The van der Waals surface area contributed by atoms with Gasteiger partial charge in [-0.15, -0.1) is 0 Å². The van der Waals surface area contributed by atoms with Crippen LogP contribution < -0.4 is 4.90 Å². The van der Waals surface area contributed by atoms with Crippen molar-refractivity contribution in [2.24, 2.45) is 5.41 Å². The quantitative estimate of drug-likeness (QED) is 0.324. The van der Waals surface area contributed by atoms with Crippen LogP contribution in [0.3, 0.4) is 0 Å². The number of hydrogen-bond acceptors (Lipinski definition) is 4. The fourth-order valence-electron chi connectivity index (χ4n) is 7.13. The Balaban J connectivity index is 1.05. The summed E-state index contributed by atoms with van der Waals surface area (Å²) in [4.78, 5) is 22.3. The Hall–Kier alpha value is -3.51. The molecule has 7 heteroatoms. The predicted octanol–water partition coefficient (Wildman–Crippen LogP) is 6.45. The SMILES string of the molecule is O=C(c1ccc2c(c1)C(n1cc3cccc(Cl)c3c1O)CC2)N1CCC2(CC1)CCN(c1ccncc1)CC2. The van der Waals surface area contributed by atoms with E-state index in [1.54, 1.807) is 6.07 Å². The molecule has 2 aromatic carbocycles. The van der Waals surface area contributed by atoms with Crippen molar-refractivity contribution in [1.29, 1.82) is 0 Å². The van der Waals surface area contributed by atoms with E-state index in [1.807, 2.05) is 46.3 Å². The second-order valence-corrected chi connectivity index (χ2v) is 11.9. The Kier molecular flexibility index (Phi) is 6.03. The standard InChI is InChI=1S/C32H33ClN4O2/c33-27-3-1-2-24-21-37(31(39)29(24)27)28-7-6-22-4-5-23(20-26(22)28)30(38)36-18-12-32(13-19-36)10-16-35(17-11-32)25-8-14-34-15-9-25/h1-5,8-9,14-15,20-21,28,39H,6-7,10-13,16-19H2. The Morgan fingerprint density at radius 1 is 0.974 bits per heavy atom. The average Bonchev–Trinajstić information content (AvgIpc) is 3.54. The molecule has 2 aliphatic heterocycles. The summed E-state index contributed by atoms with van der Waals surface area (Å²) in [6, 6.07) is 16.0. The largest absolute Gasteiger partial charge is 0.494 e. The van der Waals surface area contributed by atoms with Gasteiger partial charge < -0.3 is 19.5 Å². The average molecular weight is 541 g/mol. The van der Waals surface area contributed by atoms with Crippen molar-refractivity contribution in [2.75, 3.05) is 31.1 Å². The molecule has 4 aromatic rings. The highest BCUT2D eigenvalue weighted by Crippen LogP contribution is 2.44. The van der Waals surface area contributed by atoms with Crippen LogP contribution >= 0.6 is 11.6 Å². The molecule has 0 saturated carbocycles. The van der Waals surface area contributed by atoms with E-state index in [0.717, 1.165) is 68.4 Å². The van der Waals surface area contributed by atoms with Gasteiger partial charge in [0.1, 0.15) is 0 Å². The third-order valence-electron chi connectivity index (χ3n) is 9.53. The van der Waals surface area contributed by atoms with Gasteiger partial charge in [-0.05, 0) is 85.4 Å². The molecule has 1 unspecified atom stereocenters. The zero-order valence-corrected chi connectivity index (χ0v) is 22.8. The molecule has 1 aliphatic carbocycles. The van der Waals surface area contributed by atoms with Gasteiger partial charge in [-0.2, -0.15) is 0 Å². The Morgan fingerprint density at radius 3 is 2.46 bits per heavy atom. The number of aromatic nitrogens is 2. The lowest BCUT2D eigenvalue weighted by Gasteiger charge is -2.47. The van der Waals surface area contributed by atoms with Crippen molar-refractivity contribution in [3.05, 3.63) is 88.8 Å². The summed E-state index contributed by atoms with van der Waals surface area (Å²) in [7, 11) is 0. The molecule has 0 radical (unpaired) electrons. The molecule has 2 saturated heterocycles. The number of halogens is 1. The number of rotatable bonds is 3. The minimum atomic E-state index is -0.00794. The van der Waals surface area contributed by atoms with E-state index in [1.165, 1.54) is 24.1 Å².